The molecule has 1 unspecified atom stereocenters. The first kappa shape index (κ1) is 15.8. The normalized spacial score (nSPS) is 18.4. The third kappa shape index (κ3) is 4.46. The van der Waals surface area contributed by atoms with Gasteiger partial charge in [-0.05, 0) is 49.1 Å². The van der Waals surface area contributed by atoms with E-state index in [0.717, 1.165) is 42.2 Å². The van der Waals surface area contributed by atoms with Gasteiger partial charge in [-0.1, -0.05) is 48.0 Å². The molecule has 1 atom stereocenters. The van der Waals surface area contributed by atoms with E-state index in [-0.39, 0.29) is 0 Å². The fraction of sp³-hybridized carbons (Fsp3) is 0.250. The Morgan fingerprint density at radius 1 is 1.04 bits per heavy atom. The number of benzene rings is 2. The molecule has 2 nitrogen and oxygen atoms in total. The second-order valence-corrected chi connectivity index (χ2v) is 6.21. The molecule has 1 N–H and O–H groups in total. The number of nitrogens with zero attached hydrogens (tertiary/aromatic N) is 1. The molecule has 0 aliphatic heterocycles. The highest BCUT2D eigenvalue weighted by Gasteiger charge is 2.20. The largest absolute Gasteiger partial charge is 0.384 e. The Bertz CT molecular complexity index is 677. The second-order valence-electron chi connectivity index (χ2n) is 5.80. The van der Waals surface area contributed by atoms with Crippen LogP contribution in [0.25, 0.3) is 0 Å². The Morgan fingerprint density at radius 3 is 2.48 bits per heavy atom. The summed E-state index contributed by atoms with van der Waals surface area (Å²) in [5.74, 6) is 0.364. The molecule has 23 heavy (non-hydrogen) atoms. The number of hydrogen-bond acceptors (Lipinski definition) is 2. The first-order valence-electron chi connectivity index (χ1n) is 8.09. The van der Waals surface area contributed by atoms with Crippen LogP contribution in [0.4, 0.5) is 11.4 Å². The minimum Gasteiger partial charge on any atom is -0.384 e. The quantitative estimate of drug-likeness (QED) is 0.691. The maximum Gasteiger partial charge on any atom is 0.0629 e. The summed E-state index contributed by atoms with van der Waals surface area (Å²) in [6.45, 7) is 0.867. The Kier molecular flexibility index (Phi) is 5.49. The maximum atomic E-state index is 6.63. The molecule has 2 aromatic carbocycles. The average Bonchev–Trinajstić information content (AvgIpc) is 2.61. The number of para-hydroxylation sites is 2. The van der Waals surface area contributed by atoms with Gasteiger partial charge in [0.2, 0.25) is 0 Å². The molecule has 0 heterocycles. The Hall–Kier alpha value is -2.06. The Balaban J connectivity index is 1.66. The van der Waals surface area contributed by atoms with Gasteiger partial charge in [-0.25, -0.2) is 0 Å². The number of aliphatic imine (C=N–C) groups is 1. The predicted molar refractivity (Wildman–Crippen MR) is 99.7 cm³/mol. The third-order valence-corrected chi connectivity index (χ3v) is 4.67. The Morgan fingerprint density at radius 2 is 1.74 bits per heavy atom. The number of nitrogens with one attached hydrogen (secondary N) is 1. The van der Waals surface area contributed by atoms with Crippen LogP contribution in [-0.4, -0.2) is 12.8 Å². The average molecular weight is 325 g/mol. The highest BCUT2D eigenvalue weighted by Crippen LogP contribution is 2.32. The van der Waals surface area contributed by atoms with E-state index >= 15 is 0 Å². The molecule has 0 spiro atoms. The molecule has 0 saturated heterocycles. The second kappa shape index (κ2) is 7.98. The standard InChI is InChI=1S/C20H21ClN2/c21-20-16(14-22-18-10-3-1-4-11-18)8-7-9-17(20)15-23-19-12-5-2-6-13-19/h1-6,10-14,17,23H,7-9,15H2/b22-14-. The summed E-state index contributed by atoms with van der Waals surface area (Å²) in [5, 5.41) is 4.43. The van der Waals surface area contributed by atoms with Crippen molar-refractivity contribution in [3.63, 3.8) is 0 Å². The molecule has 0 bridgehead atoms. The lowest BCUT2D eigenvalue weighted by Gasteiger charge is -2.24. The summed E-state index contributed by atoms with van der Waals surface area (Å²) >= 11 is 6.63. The number of hydrogen-bond donors (Lipinski definition) is 1. The van der Waals surface area contributed by atoms with Gasteiger partial charge in [-0.3, -0.25) is 4.99 Å². The van der Waals surface area contributed by atoms with Crippen LogP contribution in [0.15, 0.2) is 76.3 Å². The van der Waals surface area contributed by atoms with Crippen molar-refractivity contribution < 1.29 is 0 Å². The van der Waals surface area contributed by atoms with Gasteiger partial charge >= 0.3 is 0 Å². The number of anilines is 1. The van der Waals surface area contributed by atoms with E-state index in [9.17, 15) is 0 Å². The van der Waals surface area contributed by atoms with Gasteiger partial charge in [0.05, 0.1) is 5.69 Å². The van der Waals surface area contributed by atoms with E-state index in [1.807, 2.05) is 54.7 Å². The van der Waals surface area contributed by atoms with Gasteiger partial charge in [-0.15, -0.1) is 0 Å². The van der Waals surface area contributed by atoms with Gasteiger partial charge < -0.3 is 5.32 Å². The van der Waals surface area contributed by atoms with E-state index in [4.69, 9.17) is 11.6 Å². The van der Waals surface area contributed by atoms with Gasteiger partial charge in [0.25, 0.3) is 0 Å². The van der Waals surface area contributed by atoms with Gasteiger partial charge in [0.15, 0.2) is 0 Å². The summed E-state index contributed by atoms with van der Waals surface area (Å²) in [6, 6.07) is 20.3. The SMILES string of the molecule is ClC1=C(/C=N\c2ccccc2)CCCC1CNc1ccccc1. The van der Waals surface area contributed by atoms with Crippen molar-refractivity contribution >= 4 is 29.2 Å². The third-order valence-electron chi connectivity index (χ3n) is 4.12. The monoisotopic (exact) mass is 324 g/mol. The van der Waals surface area contributed by atoms with Crippen LogP contribution in [0.5, 0.6) is 0 Å². The van der Waals surface area contributed by atoms with Crippen molar-refractivity contribution in [2.75, 3.05) is 11.9 Å². The van der Waals surface area contributed by atoms with E-state index in [0.29, 0.717) is 5.92 Å². The summed E-state index contributed by atoms with van der Waals surface area (Å²) in [4.78, 5) is 4.55. The van der Waals surface area contributed by atoms with E-state index < -0.39 is 0 Å². The topological polar surface area (TPSA) is 24.4 Å². The van der Waals surface area contributed by atoms with E-state index in [2.05, 4.69) is 22.4 Å². The molecule has 118 valence electrons. The van der Waals surface area contributed by atoms with Crippen LogP contribution in [-0.2, 0) is 0 Å². The van der Waals surface area contributed by atoms with Crippen molar-refractivity contribution in [1.29, 1.82) is 0 Å². The van der Waals surface area contributed by atoms with Crippen LogP contribution in [0, 0.1) is 5.92 Å². The molecule has 1 aliphatic rings. The predicted octanol–water partition coefficient (Wildman–Crippen LogP) is 5.79. The zero-order chi connectivity index (χ0) is 15.9. The van der Waals surface area contributed by atoms with Gasteiger partial charge in [-0.2, -0.15) is 0 Å². The van der Waals surface area contributed by atoms with Gasteiger partial charge in [0, 0.05) is 29.4 Å². The van der Waals surface area contributed by atoms with Crippen LogP contribution < -0.4 is 5.32 Å². The summed E-state index contributed by atoms with van der Waals surface area (Å²) in [6.07, 6.45) is 5.23. The van der Waals surface area contributed by atoms with Crippen LogP contribution in [0.3, 0.4) is 0 Å². The molecule has 3 rings (SSSR count). The van der Waals surface area contributed by atoms with Gasteiger partial charge in [0.1, 0.15) is 0 Å². The lowest BCUT2D eigenvalue weighted by Crippen LogP contribution is -2.19. The first-order chi connectivity index (χ1) is 11.3. The molecule has 3 heteroatoms. The lowest BCUT2D eigenvalue weighted by atomic mass is 9.90. The summed E-state index contributed by atoms with van der Waals surface area (Å²) in [5.41, 5.74) is 3.28. The van der Waals surface area contributed by atoms with Crippen molar-refractivity contribution in [1.82, 2.24) is 0 Å². The molecular weight excluding hydrogens is 304 g/mol. The van der Waals surface area contributed by atoms with Crippen LogP contribution >= 0.6 is 11.6 Å². The van der Waals surface area contributed by atoms with Crippen LogP contribution in [0.2, 0.25) is 0 Å². The van der Waals surface area contributed by atoms with Crippen molar-refractivity contribution in [2.45, 2.75) is 19.3 Å². The first-order valence-corrected chi connectivity index (χ1v) is 8.47. The van der Waals surface area contributed by atoms with Crippen LogP contribution in [0.1, 0.15) is 19.3 Å². The zero-order valence-corrected chi connectivity index (χ0v) is 13.8. The summed E-state index contributed by atoms with van der Waals surface area (Å²) < 4.78 is 0. The van der Waals surface area contributed by atoms with Crippen molar-refractivity contribution in [2.24, 2.45) is 10.9 Å². The fourth-order valence-electron chi connectivity index (χ4n) is 2.83. The molecule has 0 amide bonds. The lowest BCUT2D eigenvalue weighted by molar-refractivity contribution is 0.547. The van der Waals surface area contributed by atoms with E-state index in [1.165, 1.54) is 5.57 Å². The highest BCUT2D eigenvalue weighted by atomic mass is 35.5. The Labute approximate surface area is 142 Å². The number of rotatable bonds is 5. The number of allylic oxidation sites excluding steroid dienone is 1. The van der Waals surface area contributed by atoms with Crippen molar-refractivity contribution in [3.8, 4) is 0 Å². The maximum absolute atomic E-state index is 6.63. The minimum atomic E-state index is 0.364. The summed E-state index contributed by atoms with van der Waals surface area (Å²) in [7, 11) is 0. The fourth-order valence-corrected chi connectivity index (χ4v) is 3.16. The zero-order valence-electron chi connectivity index (χ0n) is 13.1. The molecule has 0 aromatic heterocycles. The van der Waals surface area contributed by atoms with Crippen molar-refractivity contribution in [3.05, 3.63) is 71.3 Å². The molecule has 1 aliphatic carbocycles. The molecule has 0 fully saturated rings. The molecular formula is C20H21ClN2. The molecule has 0 radical (unpaired) electrons. The minimum absolute atomic E-state index is 0.364. The highest BCUT2D eigenvalue weighted by molar-refractivity contribution is 6.31. The number of halogens is 1. The smallest absolute Gasteiger partial charge is 0.0629 e. The molecule has 2 aromatic rings. The van der Waals surface area contributed by atoms with E-state index in [1.54, 1.807) is 0 Å². The molecule has 0 saturated carbocycles.